The largest absolute Gasteiger partial charge is 0.480 e. The topological polar surface area (TPSA) is 90.0 Å². The maximum Gasteiger partial charge on any atom is 0.325 e. The van der Waals surface area contributed by atoms with Gasteiger partial charge in [0.1, 0.15) is 17.9 Å². The Morgan fingerprint density at radius 3 is 2.72 bits per heavy atom. The zero-order chi connectivity index (χ0) is 17.7. The van der Waals surface area contributed by atoms with Gasteiger partial charge in [0.15, 0.2) is 5.78 Å². The first-order chi connectivity index (χ1) is 12.0. The predicted octanol–water partition coefficient (Wildman–Crippen LogP) is 2.94. The first-order valence-electron chi connectivity index (χ1n) is 7.59. The third-order valence-electron chi connectivity index (χ3n) is 4.10. The van der Waals surface area contributed by atoms with E-state index in [1.807, 2.05) is 35.3 Å². The molecule has 1 N–H and O–H groups in total. The molecule has 0 atom stereocenters. The molecular weight excluding hydrogens is 340 g/mol. The molecule has 0 radical (unpaired) electrons. The summed E-state index contributed by atoms with van der Waals surface area (Å²) < 4.78 is 4.24. The van der Waals surface area contributed by atoms with Gasteiger partial charge in [0.2, 0.25) is 0 Å². The Kier molecular flexibility index (Phi) is 3.43. The molecule has 0 unspecified atom stereocenters. The normalized spacial score (nSPS) is 11.4. The van der Waals surface area contributed by atoms with Gasteiger partial charge >= 0.3 is 5.97 Å². The number of carboxylic acids is 1. The number of benzene rings is 1. The molecule has 0 aliphatic heterocycles. The number of aromatic nitrogens is 4. The molecule has 4 aromatic rings. The van der Waals surface area contributed by atoms with Gasteiger partial charge in [0, 0.05) is 24.9 Å². The van der Waals surface area contributed by atoms with Crippen molar-refractivity contribution >= 4 is 44.2 Å². The molecule has 0 spiro atoms. The van der Waals surface area contributed by atoms with E-state index in [0.717, 1.165) is 21.5 Å². The average molecular weight is 354 g/mol. The van der Waals surface area contributed by atoms with Crippen molar-refractivity contribution in [3.8, 4) is 11.3 Å². The number of aryl methyl sites for hydroxylation is 1. The van der Waals surface area contributed by atoms with Crippen LogP contribution in [0.25, 0.3) is 32.4 Å². The lowest BCUT2D eigenvalue weighted by molar-refractivity contribution is -0.137. The van der Waals surface area contributed by atoms with Crippen LogP contribution in [-0.2, 0) is 18.4 Å². The lowest BCUT2D eigenvalue weighted by atomic mass is 10.1. The summed E-state index contributed by atoms with van der Waals surface area (Å²) in [6.07, 6.45) is 0. The van der Waals surface area contributed by atoms with Crippen LogP contribution in [0.15, 0.2) is 29.6 Å². The molecular formula is C17H14N4O3S. The third kappa shape index (κ3) is 2.42. The predicted molar refractivity (Wildman–Crippen MR) is 95.0 cm³/mol. The fraction of sp³-hybridized carbons (Fsp3) is 0.176. The number of hydrogen-bond acceptors (Lipinski definition) is 5. The first-order valence-corrected chi connectivity index (χ1v) is 8.47. The lowest BCUT2D eigenvalue weighted by Crippen LogP contribution is -2.10. The Morgan fingerprint density at radius 1 is 1.20 bits per heavy atom. The van der Waals surface area contributed by atoms with Crippen LogP contribution >= 0.6 is 11.3 Å². The van der Waals surface area contributed by atoms with Crippen molar-refractivity contribution < 1.29 is 14.7 Å². The molecule has 0 fully saturated rings. The zero-order valence-electron chi connectivity index (χ0n) is 13.6. The summed E-state index contributed by atoms with van der Waals surface area (Å²) in [7, 11) is 1.89. The van der Waals surface area contributed by atoms with Crippen molar-refractivity contribution in [3.05, 3.63) is 35.3 Å². The summed E-state index contributed by atoms with van der Waals surface area (Å²) in [5.74, 6) is -1.21. The third-order valence-corrected chi connectivity index (χ3v) is 5.01. The van der Waals surface area contributed by atoms with E-state index in [0.29, 0.717) is 10.9 Å². The van der Waals surface area contributed by atoms with Gasteiger partial charge in [-0.2, -0.15) is 10.2 Å². The number of carboxylic acid groups (broad SMARTS) is 1. The Hall–Kier alpha value is -3.00. The number of Topliss-reactive ketones (excluding diaryl/α,β-unsaturated/α-hetero) is 1. The summed E-state index contributed by atoms with van der Waals surface area (Å²) in [5.41, 5.74) is 3.66. The second kappa shape index (κ2) is 5.52. The number of rotatable bonds is 4. The van der Waals surface area contributed by atoms with Gasteiger partial charge in [-0.15, -0.1) is 11.3 Å². The van der Waals surface area contributed by atoms with Crippen molar-refractivity contribution in [1.82, 2.24) is 19.6 Å². The maximum absolute atomic E-state index is 11.9. The monoisotopic (exact) mass is 354 g/mol. The van der Waals surface area contributed by atoms with Crippen molar-refractivity contribution in [3.63, 3.8) is 0 Å². The molecule has 126 valence electrons. The molecule has 3 heterocycles. The highest BCUT2D eigenvalue weighted by Gasteiger charge is 2.18. The Balaban J connectivity index is 1.95. The van der Waals surface area contributed by atoms with Crippen molar-refractivity contribution in [1.29, 1.82) is 0 Å². The lowest BCUT2D eigenvalue weighted by Gasteiger charge is -2.01. The van der Waals surface area contributed by atoms with Gasteiger partial charge in [-0.05, 0) is 23.6 Å². The molecule has 1 aromatic carbocycles. The summed E-state index contributed by atoms with van der Waals surface area (Å²) in [6, 6.07) is 7.55. The fourth-order valence-electron chi connectivity index (χ4n) is 3.01. The number of thiophene rings is 1. The van der Waals surface area contributed by atoms with Crippen LogP contribution in [0.1, 0.15) is 17.4 Å². The number of carbonyl (C=O) groups is 2. The van der Waals surface area contributed by atoms with Crippen LogP contribution in [0.4, 0.5) is 0 Å². The Labute approximate surface area is 146 Å². The van der Waals surface area contributed by atoms with Gasteiger partial charge in [0.25, 0.3) is 0 Å². The molecule has 0 bridgehead atoms. The number of fused-ring (bicyclic) bond motifs is 2. The van der Waals surface area contributed by atoms with E-state index >= 15 is 0 Å². The minimum absolute atomic E-state index is 0.200. The first kappa shape index (κ1) is 15.5. The molecule has 0 saturated heterocycles. The molecule has 8 heteroatoms. The molecule has 25 heavy (non-hydrogen) atoms. The maximum atomic E-state index is 11.9. The highest BCUT2D eigenvalue weighted by atomic mass is 32.1. The second-order valence-corrected chi connectivity index (χ2v) is 6.71. The van der Waals surface area contributed by atoms with E-state index in [-0.39, 0.29) is 18.0 Å². The van der Waals surface area contributed by atoms with Crippen LogP contribution in [0.5, 0.6) is 0 Å². The fourth-order valence-corrected chi connectivity index (χ4v) is 3.93. The zero-order valence-corrected chi connectivity index (χ0v) is 14.4. The van der Waals surface area contributed by atoms with Crippen molar-refractivity contribution in [2.75, 3.05) is 0 Å². The molecule has 3 aromatic heterocycles. The molecule has 0 saturated carbocycles. The van der Waals surface area contributed by atoms with E-state index in [2.05, 4.69) is 10.2 Å². The number of carbonyl (C=O) groups excluding carboxylic acids is 1. The Bertz CT molecular complexity index is 1150. The molecule has 0 amide bonds. The smallest absolute Gasteiger partial charge is 0.325 e. The minimum Gasteiger partial charge on any atom is -0.480 e. The summed E-state index contributed by atoms with van der Waals surface area (Å²) >= 11 is 1.61. The minimum atomic E-state index is -1.01. The number of aliphatic carboxylic acids is 1. The van der Waals surface area contributed by atoms with Gasteiger partial charge in [-0.3, -0.25) is 19.0 Å². The van der Waals surface area contributed by atoms with Crippen LogP contribution in [0, 0.1) is 0 Å². The van der Waals surface area contributed by atoms with Gasteiger partial charge < -0.3 is 5.11 Å². The van der Waals surface area contributed by atoms with Crippen LogP contribution in [0.2, 0.25) is 0 Å². The van der Waals surface area contributed by atoms with Crippen LogP contribution < -0.4 is 0 Å². The highest BCUT2D eigenvalue weighted by molar-refractivity contribution is 7.17. The van der Waals surface area contributed by atoms with Gasteiger partial charge in [-0.1, -0.05) is 6.07 Å². The molecule has 0 aliphatic carbocycles. The van der Waals surface area contributed by atoms with E-state index < -0.39 is 5.97 Å². The highest BCUT2D eigenvalue weighted by Crippen LogP contribution is 2.33. The molecule has 4 rings (SSSR count). The van der Waals surface area contributed by atoms with Crippen molar-refractivity contribution in [2.24, 2.45) is 7.05 Å². The van der Waals surface area contributed by atoms with Gasteiger partial charge in [0.05, 0.1) is 15.7 Å². The molecule has 7 nitrogen and oxygen atoms in total. The van der Waals surface area contributed by atoms with E-state index in [1.165, 1.54) is 11.6 Å². The average Bonchev–Trinajstić information content (AvgIpc) is 3.23. The number of hydrogen-bond donors (Lipinski definition) is 1. The summed E-state index contributed by atoms with van der Waals surface area (Å²) in [5, 5.41) is 20.5. The SMILES string of the molecule is CC(=O)c1nn(CC(=O)O)c2ccc(-c3nn(C)c4ccsc34)cc12. The number of nitrogens with zero attached hydrogens (tertiary/aromatic N) is 4. The van der Waals surface area contributed by atoms with Crippen LogP contribution in [0.3, 0.4) is 0 Å². The van der Waals surface area contributed by atoms with E-state index in [4.69, 9.17) is 5.11 Å². The molecule has 0 aliphatic rings. The van der Waals surface area contributed by atoms with Gasteiger partial charge in [-0.25, -0.2) is 0 Å². The standard InChI is InChI=1S/C17H14N4O3S/c1-9(22)15-11-7-10(3-4-12(11)21(19-15)8-14(23)24)16-17-13(5-6-25-17)20(2)18-16/h3-7H,8H2,1-2H3,(H,23,24). The second-order valence-electron chi connectivity index (χ2n) is 5.80. The number of ketones is 1. The quantitative estimate of drug-likeness (QED) is 0.569. The summed E-state index contributed by atoms with van der Waals surface area (Å²) in [4.78, 5) is 23.0. The van der Waals surface area contributed by atoms with Crippen LogP contribution in [-0.4, -0.2) is 36.4 Å². The van der Waals surface area contributed by atoms with Crippen molar-refractivity contribution in [2.45, 2.75) is 13.5 Å². The Morgan fingerprint density at radius 2 is 2.00 bits per heavy atom. The van der Waals surface area contributed by atoms with E-state index in [1.54, 1.807) is 17.4 Å². The van der Waals surface area contributed by atoms with E-state index in [9.17, 15) is 9.59 Å². The summed E-state index contributed by atoms with van der Waals surface area (Å²) in [6.45, 7) is 1.14.